The summed E-state index contributed by atoms with van der Waals surface area (Å²) in [5, 5.41) is 4.12. The maximum atomic E-state index is 4.12. The van der Waals surface area contributed by atoms with Crippen molar-refractivity contribution in [1.29, 1.82) is 0 Å². The van der Waals surface area contributed by atoms with Crippen molar-refractivity contribution in [3.63, 3.8) is 0 Å². The molecule has 0 N–H and O–H groups in total. The van der Waals surface area contributed by atoms with Gasteiger partial charge in [-0.3, -0.25) is 0 Å². The topological polar surface area (TPSA) is 17.3 Å². The molecule has 0 saturated carbocycles. The average molecular weight is 211 g/mol. The van der Waals surface area contributed by atoms with E-state index in [0.717, 1.165) is 9.99 Å². The number of rotatable bonds is 0. The smallest absolute Gasteiger partial charge is 0.0701 e. The molecule has 0 radical (unpaired) electrons. The van der Waals surface area contributed by atoms with Crippen LogP contribution in [0.15, 0.2) is 29.0 Å². The van der Waals surface area contributed by atoms with Crippen molar-refractivity contribution >= 4 is 21.4 Å². The average Bonchev–Trinajstić information content (AvgIpc) is 2.45. The van der Waals surface area contributed by atoms with Crippen LogP contribution in [0.1, 0.15) is 5.56 Å². The second-order valence-corrected chi connectivity index (χ2v) is 3.30. The largest absolute Gasteiger partial charge is 0.241 e. The Morgan fingerprint density at radius 3 is 3.09 bits per heavy atom. The predicted molar refractivity (Wildman–Crippen MR) is 47.6 cm³/mol. The molecule has 0 aliphatic rings. The number of nitrogens with zero attached hydrogens (tertiary/aromatic N) is 2. The Balaban J connectivity index is 2.93. The number of hydrogen-bond donors (Lipinski definition) is 0. The summed E-state index contributed by atoms with van der Waals surface area (Å²) in [6.07, 6.45) is 3.74. The molecule has 2 aromatic rings. The first-order chi connectivity index (χ1) is 5.29. The van der Waals surface area contributed by atoms with Crippen molar-refractivity contribution in [3.8, 4) is 0 Å². The highest BCUT2D eigenvalue weighted by atomic mass is 79.9. The van der Waals surface area contributed by atoms with E-state index in [0.29, 0.717) is 0 Å². The van der Waals surface area contributed by atoms with Crippen molar-refractivity contribution in [1.82, 2.24) is 9.61 Å². The van der Waals surface area contributed by atoms with Crippen LogP contribution in [0.5, 0.6) is 0 Å². The Kier molecular flexibility index (Phi) is 1.46. The fourth-order valence-electron chi connectivity index (χ4n) is 1.11. The molecule has 0 aliphatic heterocycles. The molecule has 0 bridgehead atoms. The monoisotopic (exact) mass is 210 g/mol. The third-order valence-corrected chi connectivity index (χ3v) is 2.63. The molecule has 0 amide bonds. The van der Waals surface area contributed by atoms with Crippen molar-refractivity contribution in [2.45, 2.75) is 6.92 Å². The minimum atomic E-state index is 1.13. The highest BCUT2D eigenvalue weighted by Gasteiger charge is 1.99. The molecule has 11 heavy (non-hydrogen) atoms. The number of pyridine rings is 1. The normalized spacial score (nSPS) is 10.7. The van der Waals surface area contributed by atoms with Gasteiger partial charge in [-0.25, -0.2) is 4.52 Å². The molecule has 0 unspecified atom stereocenters. The van der Waals surface area contributed by atoms with Crippen molar-refractivity contribution < 1.29 is 0 Å². The number of hydrogen-bond acceptors (Lipinski definition) is 1. The van der Waals surface area contributed by atoms with Crippen LogP contribution in [0, 0.1) is 6.92 Å². The van der Waals surface area contributed by atoms with E-state index in [-0.39, 0.29) is 0 Å². The van der Waals surface area contributed by atoms with Crippen molar-refractivity contribution in [2.75, 3.05) is 0 Å². The van der Waals surface area contributed by atoms with Crippen molar-refractivity contribution in [2.24, 2.45) is 0 Å². The van der Waals surface area contributed by atoms with Crippen LogP contribution < -0.4 is 0 Å². The van der Waals surface area contributed by atoms with Crippen LogP contribution in [0.4, 0.5) is 0 Å². The Morgan fingerprint density at radius 1 is 1.45 bits per heavy atom. The molecule has 0 fully saturated rings. The Morgan fingerprint density at radius 2 is 2.27 bits per heavy atom. The lowest BCUT2D eigenvalue weighted by Gasteiger charge is -1.99. The molecular formula is C8H7BrN2. The van der Waals surface area contributed by atoms with Crippen molar-refractivity contribution in [3.05, 3.63) is 34.6 Å². The van der Waals surface area contributed by atoms with Gasteiger partial charge in [0.25, 0.3) is 0 Å². The SMILES string of the molecule is Cc1c(Br)ccn2nccc12. The van der Waals surface area contributed by atoms with E-state index < -0.39 is 0 Å². The van der Waals surface area contributed by atoms with Crippen LogP contribution in [0.3, 0.4) is 0 Å². The summed E-state index contributed by atoms with van der Waals surface area (Å²) in [4.78, 5) is 0. The highest BCUT2D eigenvalue weighted by molar-refractivity contribution is 9.10. The van der Waals surface area contributed by atoms with E-state index >= 15 is 0 Å². The molecular weight excluding hydrogens is 204 g/mol. The minimum Gasteiger partial charge on any atom is -0.241 e. The molecule has 0 saturated heterocycles. The zero-order valence-corrected chi connectivity index (χ0v) is 7.67. The molecule has 0 aliphatic carbocycles. The molecule has 2 rings (SSSR count). The van der Waals surface area contributed by atoms with Crippen LogP contribution in [-0.2, 0) is 0 Å². The third kappa shape index (κ3) is 0.959. The summed E-state index contributed by atoms with van der Waals surface area (Å²) in [6, 6.07) is 4.00. The first-order valence-corrected chi connectivity index (χ1v) is 4.17. The van der Waals surface area contributed by atoms with Crippen LogP contribution in [0.25, 0.3) is 5.52 Å². The number of fused-ring (bicyclic) bond motifs is 1. The van der Waals surface area contributed by atoms with E-state index in [1.165, 1.54) is 5.56 Å². The van der Waals surface area contributed by atoms with E-state index in [4.69, 9.17) is 0 Å². The lowest BCUT2D eigenvalue weighted by atomic mass is 10.2. The zero-order valence-electron chi connectivity index (χ0n) is 6.08. The van der Waals surface area contributed by atoms with Gasteiger partial charge in [-0.2, -0.15) is 5.10 Å². The summed E-state index contributed by atoms with van der Waals surface area (Å²) in [5.41, 5.74) is 2.38. The lowest BCUT2D eigenvalue weighted by Crippen LogP contribution is -1.88. The van der Waals surface area contributed by atoms with Crippen LogP contribution in [0.2, 0.25) is 0 Å². The van der Waals surface area contributed by atoms with Gasteiger partial charge in [-0.05, 0) is 24.6 Å². The first kappa shape index (κ1) is 6.85. The van der Waals surface area contributed by atoms with E-state index in [2.05, 4.69) is 28.0 Å². The number of aryl methyl sites for hydroxylation is 1. The van der Waals surface area contributed by atoms with E-state index in [9.17, 15) is 0 Å². The van der Waals surface area contributed by atoms with Gasteiger partial charge in [0.05, 0.1) is 5.52 Å². The lowest BCUT2D eigenvalue weighted by molar-refractivity contribution is 0.954. The summed E-state index contributed by atoms with van der Waals surface area (Å²) in [5.74, 6) is 0. The predicted octanol–water partition coefficient (Wildman–Crippen LogP) is 2.41. The van der Waals surface area contributed by atoms with E-state index in [1.54, 1.807) is 6.20 Å². The maximum Gasteiger partial charge on any atom is 0.0701 e. The summed E-state index contributed by atoms with van der Waals surface area (Å²) in [6.45, 7) is 2.07. The maximum absolute atomic E-state index is 4.12. The van der Waals surface area contributed by atoms with Gasteiger partial charge in [0.15, 0.2) is 0 Å². The number of halogens is 1. The van der Waals surface area contributed by atoms with Gasteiger partial charge < -0.3 is 0 Å². The molecule has 56 valence electrons. The highest BCUT2D eigenvalue weighted by Crippen LogP contribution is 2.19. The van der Waals surface area contributed by atoms with Gasteiger partial charge in [0.2, 0.25) is 0 Å². The minimum absolute atomic E-state index is 1.13. The molecule has 2 aromatic heterocycles. The van der Waals surface area contributed by atoms with Crippen LogP contribution >= 0.6 is 15.9 Å². The molecule has 3 heteroatoms. The van der Waals surface area contributed by atoms with E-state index in [1.807, 2.05) is 22.8 Å². The number of aromatic nitrogens is 2. The summed E-state index contributed by atoms with van der Waals surface area (Å²) >= 11 is 3.46. The third-order valence-electron chi connectivity index (χ3n) is 1.77. The second kappa shape index (κ2) is 2.34. The Labute approximate surface area is 73.0 Å². The molecule has 2 heterocycles. The standard InChI is InChI=1S/C8H7BrN2/c1-6-7(9)3-5-11-8(6)2-4-10-11/h2-5H,1H3. The van der Waals surface area contributed by atoms with Gasteiger partial charge in [-0.1, -0.05) is 15.9 Å². The molecule has 0 atom stereocenters. The fourth-order valence-corrected chi connectivity index (χ4v) is 1.43. The Hall–Kier alpha value is -0.830. The molecule has 0 spiro atoms. The fraction of sp³-hybridized carbons (Fsp3) is 0.125. The Bertz CT molecular complexity index is 392. The van der Waals surface area contributed by atoms with Gasteiger partial charge >= 0.3 is 0 Å². The summed E-state index contributed by atoms with van der Waals surface area (Å²) in [7, 11) is 0. The quantitative estimate of drug-likeness (QED) is 0.653. The molecule has 2 nitrogen and oxygen atoms in total. The first-order valence-electron chi connectivity index (χ1n) is 3.37. The van der Waals surface area contributed by atoms with Gasteiger partial charge in [-0.15, -0.1) is 0 Å². The molecule has 0 aromatic carbocycles. The van der Waals surface area contributed by atoms with Gasteiger partial charge in [0.1, 0.15) is 0 Å². The second-order valence-electron chi connectivity index (χ2n) is 2.45. The van der Waals surface area contributed by atoms with Gasteiger partial charge in [0, 0.05) is 16.9 Å². The summed E-state index contributed by atoms with van der Waals surface area (Å²) < 4.78 is 2.99. The zero-order chi connectivity index (χ0) is 7.84. The van der Waals surface area contributed by atoms with Crippen LogP contribution in [-0.4, -0.2) is 9.61 Å².